The summed E-state index contributed by atoms with van der Waals surface area (Å²) in [6, 6.07) is 12.0. The molecule has 0 radical (unpaired) electrons. The van der Waals surface area contributed by atoms with Crippen molar-refractivity contribution in [3.63, 3.8) is 0 Å². The van der Waals surface area contributed by atoms with Gasteiger partial charge in [-0.3, -0.25) is 4.98 Å². The maximum Gasteiger partial charge on any atom is 0.172 e. The fourth-order valence-electron chi connectivity index (χ4n) is 4.59. The van der Waals surface area contributed by atoms with E-state index in [9.17, 15) is 5.26 Å². The third-order valence-corrected chi connectivity index (χ3v) is 8.20. The monoisotopic (exact) mass is 544 g/mol. The van der Waals surface area contributed by atoms with Gasteiger partial charge in [0.1, 0.15) is 11.8 Å². The first-order valence-corrected chi connectivity index (χ1v) is 13.8. The molecular weight excluding hydrogens is 516 g/mol. The van der Waals surface area contributed by atoms with Crippen molar-refractivity contribution < 1.29 is 4.74 Å². The van der Waals surface area contributed by atoms with Crippen molar-refractivity contribution in [3.05, 3.63) is 71.1 Å². The highest BCUT2D eigenvalue weighted by molar-refractivity contribution is 7.99. The highest BCUT2D eigenvalue weighted by Crippen LogP contribution is 2.37. The van der Waals surface area contributed by atoms with Crippen LogP contribution in [0.5, 0.6) is 5.75 Å². The van der Waals surface area contributed by atoms with Gasteiger partial charge in [-0.05, 0) is 62.7 Å². The number of aryl methyl sites for hydroxylation is 1. The smallest absolute Gasteiger partial charge is 0.172 e. The Labute approximate surface area is 232 Å². The molecule has 2 aromatic heterocycles. The van der Waals surface area contributed by atoms with Gasteiger partial charge in [0.25, 0.3) is 0 Å². The number of aromatic nitrogens is 3. The van der Waals surface area contributed by atoms with Crippen LogP contribution in [0.3, 0.4) is 0 Å². The van der Waals surface area contributed by atoms with Crippen LogP contribution >= 0.6 is 23.4 Å². The molecule has 1 aliphatic rings. The average Bonchev–Trinajstić information content (AvgIpc) is 3.59. The Hall–Kier alpha value is -3.51. The van der Waals surface area contributed by atoms with Crippen molar-refractivity contribution in [2.24, 2.45) is 7.05 Å². The van der Waals surface area contributed by atoms with Crippen LogP contribution in [0.2, 0.25) is 5.02 Å². The number of hydrogen-bond donors (Lipinski definition) is 1. The molecule has 9 heteroatoms. The second kappa shape index (κ2) is 11.9. The van der Waals surface area contributed by atoms with Crippen molar-refractivity contribution in [3.8, 4) is 11.8 Å². The molecule has 0 spiro atoms. The summed E-state index contributed by atoms with van der Waals surface area (Å²) in [7, 11) is 3.61. The predicted octanol–water partition coefficient (Wildman–Crippen LogP) is 6.90. The molecule has 4 aromatic rings. The molecule has 194 valence electrons. The van der Waals surface area contributed by atoms with Gasteiger partial charge >= 0.3 is 0 Å². The number of fused-ring (bicyclic) bond motifs is 1. The lowest BCUT2D eigenvalue weighted by Gasteiger charge is -2.15. The van der Waals surface area contributed by atoms with Gasteiger partial charge in [-0.15, -0.1) is 0 Å². The normalized spacial score (nSPS) is 13.8. The predicted molar refractivity (Wildman–Crippen MR) is 154 cm³/mol. The molecule has 0 atom stereocenters. The van der Waals surface area contributed by atoms with Crippen molar-refractivity contribution in [1.29, 1.82) is 5.26 Å². The number of methoxy groups -OCH3 is 1. The van der Waals surface area contributed by atoms with Gasteiger partial charge in [-0.25, -0.2) is 4.98 Å². The zero-order valence-corrected chi connectivity index (χ0v) is 23.0. The zero-order valence-electron chi connectivity index (χ0n) is 21.4. The highest BCUT2D eigenvalue weighted by Gasteiger charge is 2.15. The van der Waals surface area contributed by atoms with E-state index in [1.807, 2.05) is 48.1 Å². The van der Waals surface area contributed by atoms with Crippen LogP contribution in [0, 0.1) is 11.3 Å². The topological polar surface area (TPSA) is 79.0 Å². The number of pyridine rings is 1. The molecule has 0 unspecified atom stereocenters. The average molecular weight is 545 g/mol. The summed E-state index contributed by atoms with van der Waals surface area (Å²) in [5, 5.41) is 15.5. The molecular formula is C29H29ClN6OS. The molecule has 5 rings (SSSR count). The van der Waals surface area contributed by atoms with E-state index in [1.165, 1.54) is 37.7 Å². The number of imidazole rings is 1. The fourth-order valence-corrected chi connectivity index (χ4v) is 5.69. The summed E-state index contributed by atoms with van der Waals surface area (Å²) in [6.45, 7) is 3.47. The first kappa shape index (κ1) is 26.1. The van der Waals surface area contributed by atoms with Crippen molar-refractivity contribution in [1.82, 2.24) is 19.4 Å². The minimum Gasteiger partial charge on any atom is -0.496 e. The number of nitrogens with zero attached hydrogens (tertiary/aromatic N) is 5. The van der Waals surface area contributed by atoms with Crippen molar-refractivity contribution in [2.45, 2.75) is 29.3 Å². The molecule has 1 fully saturated rings. The number of nitriles is 1. The molecule has 0 bridgehead atoms. The lowest BCUT2D eigenvalue weighted by molar-refractivity contribution is 0.346. The van der Waals surface area contributed by atoms with Gasteiger partial charge in [0.2, 0.25) is 0 Å². The molecule has 0 saturated carbocycles. The Kier molecular flexibility index (Phi) is 8.18. The summed E-state index contributed by atoms with van der Waals surface area (Å²) in [6.07, 6.45) is 13.1. The maximum atomic E-state index is 9.82. The number of halogens is 1. The van der Waals surface area contributed by atoms with E-state index in [-0.39, 0.29) is 0 Å². The van der Waals surface area contributed by atoms with Gasteiger partial charge in [0.05, 0.1) is 28.9 Å². The molecule has 0 aliphatic carbocycles. The van der Waals surface area contributed by atoms with E-state index in [1.54, 1.807) is 19.5 Å². The van der Waals surface area contributed by atoms with Crippen LogP contribution in [0.1, 0.15) is 30.4 Å². The van der Waals surface area contributed by atoms with Crippen LogP contribution in [-0.2, 0) is 7.05 Å². The Morgan fingerprint density at radius 2 is 2.05 bits per heavy atom. The highest BCUT2D eigenvalue weighted by atomic mass is 35.5. The summed E-state index contributed by atoms with van der Waals surface area (Å²) in [4.78, 5) is 12.3. The number of hydrogen-bond acceptors (Lipinski definition) is 7. The van der Waals surface area contributed by atoms with Crippen LogP contribution in [0.4, 0.5) is 11.4 Å². The number of nitrogens with one attached hydrogen (secondary N) is 1. The van der Waals surface area contributed by atoms with Crippen LogP contribution < -0.4 is 10.1 Å². The zero-order chi connectivity index (χ0) is 26.5. The third kappa shape index (κ3) is 5.81. The van der Waals surface area contributed by atoms with Gasteiger partial charge in [-0.2, -0.15) is 5.26 Å². The molecule has 1 aliphatic heterocycles. The lowest BCUT2D eigenvalue weighted by Crippen LogP contribution is -2.19. The molecule has 38 heavy (non-hydrogen) atoms. The second-order valence-electron chi connectivity index (χ2n) is 9.20. The quantitative estimate of drug-likeness (QED) is 0.245. The summed E-state index contributed by atoms with van der Waals surface area (Å²) >= 11 is 8.12. The standard InChI is InChI=1S/C29H29ClN6OS/c1-35-14-10-32-29(35)38-27-9-8-22(16-24(27)30)34-28-21(18-31)19-33-25-15-20(26(37-2)17-23(25)28)7-3-4-11-36-12-5-6-13-36/h3,7-10,14-17,19H,4-6,11-13H2,1-2H3,(H,33,34). The number of benzene rings is 2. The van der Waals surface area contributed by atoms with Crippen LogP contribution in [0.15, 0.2) is 65.1 Å². The number of rotatable bonds is 9. The molecule has 3 heterocycles. The minimum absolute atomic E-state index is 0.441. The first-order chi connectivity index (χ1) is 18.6. The summed E-state index contributed by atoms with van der Waals surface area (Å²) in [5.41, 5.74) is 3.62. The molecule has 2 aromatic carbocycles. The Bertz CT molecular complexity index is 1520. The fraction of sp³-hybridized carbons (Fsp3) is 0.276. The van der Waals surface area contributed by atoms with Crippen molar-refractivity contribution >= 4 is 51.7 Å². The van der Waals surface area contributed by atoms with Gasteiger partial charge < -0.3 is 19.5 Å². The van der Waals surface area contributed by atoms with Gasteiger partial charge in [-0.1, -0.05) is 35.5 Å². The van der Waals surface area contributed by atoms with Crippen LogP contribution in [0.25, 0.3) is 17.0 Å². The minimum atomic E-state index is 0.441. The van der Waals surface area contributed by atoms with Crippen LogP contribution in [-0.4, -0.2) is 46.2 Å². The first-order valence-electron chi connectivity index (χ1n) is 12.6. The van der Waals surface area contributed by atoms with E-state index in [4.69, 9.17) is 16.3 Å². The third-order valence-electron chi connectivity index (χ3n) is 6.63. The largest absolute Gasteiger partial charge is 0.496 e. The second-order valence-corrected chi connectivity index (χ2v) is 10.6. The van der Waals surface area contributed by atoms with E-state index in [0.717, 1.165) is 50.9 Å². The summed E-state index contributed by atoms with van der Waals surface area (Å²) in [5.74, 6) is 0.731. The van der Waals surface area contributed by atoms with Crippen molar-refractivity contribution in [2.75, 3.05) is 32.1 Å². The lowest BCUT2D eigenvalue weighted by atomic mass is 10.0. The molecule has 7 nitrogen and oxygen atoms in total. The van der Waals surface area contributed by atoms with E-state index in [2.05, 4.69) is 38.4 Å². The van der Waals surface area contributed by atoms with E-state index in [0.29, 0.717) is 16.3 Å². The maximum absolute atomic E-state index is 9.82. The van der Waals surface area contributed by atoms with E-state index < -0.39 is 0 Å². The SMILES string of the molecule is COc1cc2c(Nc3ccc(Sc4nccn4C)c(Cl)c3)c(C#N)cnc2cc1C=CCCN1CCCC1. The Balaban J connectivity index is 1.41. The van der Waals surface area contributed by atoms with Gasteiger partial charge in [0.15, 0.2) is 5.16 Å². The Morgan fingerprint density at radius 1 is 1.21 bits per heavy atom. The number of anilines is 2. The molecule has 1 N–H and O–H groups in total. The Morgan fingerprint density at radius 3 is 2.76 bits per heavy atom. The molecule has 1 saturated heterocycles. The van der Waals surface area contributed by atoms with Gasteiger partial charge in [0, 0.05) is 53.7 Å². The van der Waals surface area contributed by atoms with E-state index >= 15 is 0 Å². The number of likely N-dealkylation sites (tertiary alicyclic amines) is 1. The molecule has 0 amide bonds. The summed E-state index contributed by atoms with van der Waals surface area (Å²) < 4.78 is 7.67. The number of ether oxygens (including phenoxy) is 1.